The maximum Gasteiger partial charge on any atom is 0.416 e. The molecule has 0 bridgehead atoms. The van der Waals surface area contributed by atoms with E-state index in [-0.39, 0.29) is 12.1 Å². The van der Waals surface area contributed by atoms with E-state index in [4.69, 9.17) is 9.47 Å². The number of carbonyl (C=O) groups is 1. The number of nitrogens with zero attached hydrogens (tertiary/aromatic N) is 5. The smallest absolute Gasteiger partial charge is 0.416 e. The second-order valence-electron chi connectivity index (χ2n) is 11.2. The average molecular weight is 546 g/mol. The van der Waals surface area contributed by atoms with Crippen molar-refractivity contribution in [2.45, 2.75) is 58.0 Å². The minimum absolute atomic E-state index is 0.264. The molecule has 0 aliphatic carbocycles. The minimum atomic E-state index is -4.38. The van der Waals surface area contributed by atoms with Gasteiger partial charge in [0.25, 0.3) is 0 Å². The molecule has 1 atom stereocenters. The number of benzene rings is 1. The first-order valence-corrected chi connectivity index (χ1v) is 13.3. The molecule has 3 aromatic rings. The van der Waals surface area contributed by atoms with Gasteiger partial charge in [-0.25, -0.2) is 14.8 Å². The van der Waals surface area contributed by atoms with Gasteiger partial charge >= 0.3 is 12.3 Å². The Morgan fingerprint density at radius 2 is 1.77 bits per heavy atom. The molecule has 2 aliphatic heterocycles. The third-order valence-corrected chi connectivity index (χ3v) is 7.28. The number of anilines is 1. The number of aromatic nitrogens is 3. The van der Waals surface area contributed by atoms with E-state index in [1.54, 1.807) is 11.2 Å². The summed E-state index contributed by atoms with van der Waals surface area (Å²) < 4.78 is 52.6. The number of rotatable bonds is 4. The Kier molecular flexibility index (Phi) is 7.45. The Balaban J connectivity index is 1.31. The molecule has 2 aliphatic rings. The fourth-order valence-corrected chi connectivity index (χ4v) is 5.30. The van der Waals surface area contributed by atoms with Crippen molar-refractivity contribution in [2.75, 3.05) is 37.7 Å². The molecule has 1 aromatic carbocycles. The van der Waals surface area contributed by atoms with Crippen LogP contribution in [0.4, 0.5) is 23.8 Å². The van der Waals surface area contributed by atoms with E-state index in [9.17, 15) is 18.0 Å². The van der Waals surface area contributed by atoms with Gasteiger partial charge in [-0.3, -0.25) is 0 Å². The third-order valence-electron chi connectivity index (χ3n) is 7.28. The molecule has 11 heteroatoms. The minimum Gasteiger partial charge on any atom is -0.444 e. The Morgan fingerprint density at radius 1 is 1.05 bits per heavy atom. The summed E-state index contributed by atoms with van der Waals surface area (Å²) in [5.41, 5.74) is 0.368. The summed E-state index contributed by atoms with van der Waals surface area (Å²) in [7, 11) is 0. The highest BCUT2D eigenvalue weighted by Gasteiger charge is 2.32. The quantitative estimate of drug-likeness (QED) is 0.420. The molecule has 2 fully saturated rings. The number of morpholine rings is 1. The van der Waals surface area contributed by atoms with E-state index in [2.05, 4.69) is 19.4 Å². The Labute approximate surface area is 225 Å². The van der Waals surface area contributed by atoms with Crippen LogP contribution in [-0.4, -0.2) is 64.0 Å². The van der Waals surface area contributed by atoms with Gasteiger partial charge in [0.15, 0.2) is 0 Å². The zero-order valence-corrected chi connectivity index (χ0v) is 22.4. The first-order valence-electron chi connectivity index (χ1n) is 13.3. The van der Waals surface area contributed by atoms with Gasteiger partial charge in [-0.2, -0.15) is 13.2 Å². The highest BCUT2D eigenvalue weighted by molar-refractivity contribution is 5.88. The van der Waals surface area contributed by atoms with Crippen LogP contribution in [0.15, 0.2) is 42.9 Å². The molecule has 0 N–H and O–H groups in total. The van der Waals surface area contributed by atoms with Crippen molar-refractivity contribution in [1.29, 1.82) is 0 Å². The number of likely N-dealkylation sites (tertiary alicyclic amines) is 1. The summed E-state index contributed by atoms with van der Waals surface area (Å²) in [6, 6.07) is 6.99. The predicted molar refractivity (Wildman–Crippen MR) is 140 cm³/mol. The standard InChI is InChI=1S/C28H34F3N5O3/c1-27(2,3)39-26(37)34-11-8-19(9-12-34)16-35-13-10-22-24(35)32-18-33-25(22)36-14-15-38-17-23(36)20-4-6-21(7-5-20)28(29,30)31/h4-7,10,13,18-19,23H,8-9,11-12,14-17H2,1-3H3. The number of hydrogen-bond acceptors (Lipinski definition) is 6. The average Bonchev–Trinajstić information content (AvgIpc) is 3.30. The highest BCUT2D eigenvalue weighted by Crippen LogP contribution is 2.35. The monoisotopic (exact) mass is 545 g/mol. The maximum atomic E-state index is 13.1. The molecule has 1 amide bonds. The van der Waals surface area contributed by atoms with Crippen LogP contribution in [0, 0.1) is 5.92 Å². The molecular formula is C28H34F3N5O3. The molecule has 39 heavy (non-hydrogen) atoms. The lowest BCUT2D eigenvalue weighted by Gasteiger charge is -2.37. The SMILES string of the molecule is CC(C)(C)OC(=O)N1CCC(Cn2ccc3c(N4CCOCC4c4ccc(C(F)(F)F)cc4)ncnc32)CC1. The molecule has 0 saturated carbocycles. The van der Waals surface area contributed by atoms with Crippen molar-refractivity contribution in [2.24, 2.45) is 5.92 Å². The first-order chi connectivity index (χ1) is 18.5. The summed E-state index contributed by atoms with van der Waals surface area (Å²) in [5, 5.41) is 0.891. The van der Waals surface area contributed by atoms with Gasteiger partial charge in [0.1, 0.15) is 23.4 Å². The number of halogens is 3. The summed E-state index contributed by atoms with van der Waals surface area (Å²) in [6.45, 7) is 9.10. The van der Waals surface area contributed by atoms with Crippen LogP contribution in [0.25, 0.3) is 11.0 Å². The molecule has 2 saturated heterocycles. The number of alkyl halides is 3. The van der Waals surface area contributed by atoms with E-state index < -0.39 is 17.3 Å². The fourth-order valence-electron chi connectivity index (χ4n) is 5.30. The number of hydrogen-bond donors (Lipinski definition) is 0. The Hall–Kier alpha value is -3.34. The van der Waals surface area contributed by atoms with Gasteiger partial charge in [-0.05, 0) is 63.3 Å². The molecule has 210 valence electrons. The van der Waals surface area contributed by atoms with E-state index in [1.807, 2.05) is 33.0 Å². The molecular weight excluding hydrogens is 511 g/mol. The van der Waals surface area contributed by atoms with Gasteiger partial charge in [0.05, 0.1) is 30.2 Å². The van der Waals surface area contributed by atoms with Gasteiger partial charge in [0.2, 0.25) is 0 Å². The summed E-state index contributed by atoms with van der Waals surface area (Å²) in [5.74, 6) is 1.13. The molecule has 0 spiro atoms. The lowest BCUT2D eigenvalue weighted by molar-refractivity contribution is -0.137. The third kappa shape index (κ3) is 6.13. The molecule has 5 rings (SSSR count). The van der Waals surface area contributed by atoms with Crippen molar-refractivity contribution < 1.29 is 27.4 Å². The van der Waals surface area contributed by atoms with Crippen LogP contribution in [-0.2, 0) is 22.2 Å². The van der Waals surface area contributed by atoms with Gasteiger partial charge in [0, 0.05) is 32.4 Å². The first kappa shape index (κ1) is 27.2. The fraction of sp³-hybridized carbons (Fsp3) is 0.536. The van der Waals surface area contributed by atoms with Crippen LogP contribution in [0.5, 0.6) is 0 Å². The van der Waals surface area contributed by atoms with Crippen LogP contribution in [0.1, 0.15) is 50.8 Å². The summed E-state index contributed by atoms with van der Waals surface area (Å²) in [6.07, 6.45) is 0.648. The van der Waals surface area contributed by atoms with Crippen LogP contribution in [0.2, 0.25) is 0 Å². The summed E-state index contributed by atoms with van der Waals surface area (Å²) >= 11 is 0. The van der Waals surface area contributed by atoms with E-state index >= 15 is 0 Å². The van der Waals surface area contributed by atoms with Gasteiger partial charge < -0.3 is 23.8 Å². The lowest BCUT2D eigenvalue weighted by atomic mass is 9.97. The molecule has 1 unspecified atom stereocenters. The number of piperidine rings is 1. The largest absolute Gasteiger partial charge is 0.444 e. The highest BCUT2D eigenvalue weighted by atomic mass is 19.4. The van der Waals surface area contributed by atoms with E-state index in [1.165, 1.54) is 12.1 Å². The van der Waals surface area contributed by atoms with Crippen molar-refractivity contribution in [3.63, 3.8) is 0 Å². The zero-order valence-electron chi connectivity index (χ0n) is 22.4. The van der Waals surface area contributed by atoms with E-state index in [0.717, 1.165) is 53.9 Å². The van der Waals surface area contributed by atoms with Crippen molar-refractivity contribution in [3.05, 3.63) is 54.0 Å². The topological polar surface area (TPSA) is 72.7 Å². The number of ether oxygens (including phenoxy) is 2. The molecule has 2 aromatic heterocycles. The predicted octanol–water partition coefficient (Wildman–Crippen LogP) is 5.68. The molecule has 4 heterocycles. The van der Waals surface area contributed by atoms with Gasteiger partial charge in [-0.1, -0.05) is 12.1 Å². The second-order valence-corrected chi connectivity index (χ2v) is 11.2. The molecule has 0 radical (unpaired) electrons. The van der Waals surface area contributed by atoms with Crippen LogP contribution in [0.3, 0.4) is 0 Å². The van der Waals surface area contributed by atoms with Crippen molar-refractivity contribution in [3.8, 4) is 0 Å². The summed E-state index contributed by atoms with van der Waals surface area (Å²) in [4.78, 5) is 25.4. The lowest BCUT2D eigenvalue weighted by Crippen LogP contribution is -2.42. The number of carbonyl (C=O) groups excluding carboxylic acids is 1. The van der Waals surface area contributed by atoms with Crippen molar-refractivity contribution in [1.82, 2.24) is 19.4 Å². The number of amides is 1. The maximum absolute atomic E-state index is 13.1. The number of fused-ring (bicyclic) bond motifs is 1. The van der Waals surface area contributed by atoms with Crippen LogP contribution >= 0.6 is 0 Å². The van der Waals surface area contributed by atoms with Crippen molar-refractivity contribution >= 4 is 22.9 Å². The second kappa shape index (κ2) is 10.7. The van der Waals surface area contributed by atoms with Gasteiger partial charge in [-0.15, -0.1) is 0 Å². The Morgan fingerprint density at radius 3 is 2.44 bits per heavy atom. The van der Waals surface area contributed by atoms with Crippen LogP contribution < -0.4 is 4.90 Å². The Bertz CT molecular complexity index is 1290. The zero-order chi connectivity index (χ0) is 27.8. The normalized spacial score (nSPS) is 19.5. The molecule has 8 nitrogen and oxygen atoms in total. The van der Waals surface area contributed by atoms with E-state index in [0.29, 0.717) is 38.8 Å².